The molecule has 202 valence electrons. The lowest BCUT2D eigenvalue weighted by Gasteiger charge is -2.23. The Morgan fingerprint density at radius 1 is 0.342 bits per heavy atom. The van der Waals surface area contributed by atoms with E-state index in [0.29, 0.717) is 0 Å². The van der Waals surface area contributed by atoms with E-state index in [0.717, 1.165) is 17.8 Å². The van der Waals surface area contributed by atoms with Crippen LogP contribution < -0.4 is 4.70 Å². The summed E-state index contributed by atoms with van der Waals surface area (Å²) in [4.78, 5) is 4.40. The van der Waals surface area contributed by atoms with E-state index >= 15 is 0 Å². The quantitative estimate of drug-likeness (QED) is 0.285. The van der Waals surface area contributed by atoms with Gasteiger partial charge in [0.25, 0.3) is 0 Å². The summed E-state index contributed by atoms with van der Waals surface area (Å²) in [6, 6.07) is 29.5. The maximum absolute atomic E-state index is 2.46. The fraction of sp³-hybridized carbons (Fsp3) is 0.500. The van der Waals surface area contributed by atoms with Gasteiger partial charge in [-0.05, 0) is 109 Å². The van der Waals surface area contributed by atoms with Crippen molar-refractivity contribution >= 4 is 10.9 Å². The highest BCUT2D eigenvalue weighted by Gasteiger charge is 2.30. The zero-order chi connectivity index (χ0) is 24.9. The smallest absolute Gasteiger partial charge is 0.166 e. The maximum atomic E-state index is 2.46. The standard InChI is InChI=1S/C36H45S.FH/c1-4-10-28(11-5-1)31-16-22-34(23-17-31)37(35-24-18-32(19-25-35)29-12-6-2-7-13-29)36-26-20-33(21-27-36)30-14-8-3-9-15-30;/h16-30H,1-15H2;1H/q+1;/p-1. The molecule has 0 spiro atoms. The first-order chi connectivity index (χ1) is 18.3. The molecule has 0 aliphatic heterocycles. The molecule has 2 heteroatoms. The van der Waals surface area contributed by atoms with Gasteiger partial charge in [-0.2, -0.15) is 0 Å². The average Bonchev–Trinajstić information content (AvgIpc) is 3.00. The van der Waals surface area contributed by atoms with Crippen LogP contribution in [0.25, 0.3) is 0 Å². The van der Waals surface area contributed by atoms with E-state index in [9.17, 15) is 0 Å². The minimum absolute atomic E-state index is 0. The number of rotatable bonds is 6. The molecule has 0 atom stereocenters. The van der Waals surface area contributed by atoms with Gasteiger partial charge in [-0.3, -0.25) is 0 Å². The third-order valence-corrected chi connectivity index (χ3v) is 11.8. The average molecular weight is 529 g/mol. The Hall–Kier alpha value is -2.06. The molecule has 3 fully saturated rings. The fourth-order valence-corrected chi connectivity index (χ4v) is 9.39. The van der Waals surface area contributed by atoms with Gasteiger partial charge in [-0.1, -0.05) is 94.2 Å². The number of hydrogen-bond acceptors (Lipinski definition) is 0. The van der Waals surface area contributed by atoms with E-state index in [4.69, 9.17) is 0 Å². The number of hydrogen-bond donors (Lipinski definition) is 0. The zero-order valence-electron chi connectivity index (χ0n) is 23.1. The Labute approximate surface area is 233 Å². The Kier molecular flexibility index (Phi) is 9.65. The van der Waals surface area contributed by atoms with Crippen molar-refractivity contribution in [2.45, 2.75) is 129 Å². The lowest BCUT2D eigenvalue weighted by atomic mass is 9.84. The van der Waals surface area contributed by atoms with E-state index in [1.54, 1.807) is 16.7 Å². The molecule has 0 nitrogen and oxygen atoms in total. The highest BCUT2D eigenvalue weighted by Crippen LogP contribution is 2.39. The summed E-state index contributed by atoms with van der Waals surface area (Å²) < 4.78 is 0. The topological polar surface area (TPSA) is 0 Å². The Morgan fingerprint density at radius 3 is 0.816 bits per heavy atom. The van der Waals surface area contributed by atoms with Gasteiger partial charge in [-0.25, -0.2) is 0 Å². The van der Waals surface area contributed by atoms with Crippen LogP contribution in [0.2, 0.25) is 0 Å². The molecule has 0 saturated heterocycles. The predicted molar refractivity (Wildman–Crippen MR) is 159 cm³/mol. The predicted octanol–water partition coefficient (Wildman–Crippen LogP) is 7.93. The summed E-state index contributed by atoms with van der Waals surface area (Å²) >= 11 is 0. The van der Waals surface area contributed by atoms with Crippen LogP contribution in [0.15, 0.2) is 87.5 Å². The van der Waals surface area contributed by atoms with E-state index in [1.165, 1.54) is 111 Å². The van der Waals surface area contributed by atoms with Gasteiger partial charge in [0, 0.05) is 0 Å². The normalized spacial score (nSPS) is 19.8. The summed E-state index contributed by atoms with van der Waals surface area (Å²) in [5.41, 5.74) is 4.69. The largest absolute Gasteiger partial charge is 1.00 e. The molecule has 3 aromatic carbocycles. The highest BCUT2D eigenvalue weighted by atomic mass is 32.2. The van der Waals surface area contributed by atoms with Crippen molar-refractivity contribution in [1.82, 2.24) is 0 Å². The maximum Gasteiger partial charge on any atom is 0.166 e. The molecule has 6 rings (SSSR count). The first-order valence-corrected chi connectivity index (χ1v) is 16.6. The number of benzene rings is 3. The van der Waals surface area contributed by atoms with Gasteiger partial charge in [0.15, 0.2) is 14.7 Å². The molecule has 0 bridgehead atoms. The van der Waals surface area contributed by atoms with Crippen molar-refractivity contribution in [3.05, 3.63) is 89.5 Å². The molecular weight excluding hydrogens is 483 g/mol. The molecule has 0 N–H and O–H groups in total. The Morgan fingerprint density at radius 2 is 0.579 bits per heavy atom. The molecule has 0 amide bonds. The first kappa shape index (κ1) is 27.5. The van der Waals surface area contributed by atoms with Crippen LogP contribution in [-0.4, -0.2) is 0 Å². The molecule has 0 heterocycles. The van der Waals surface area contributed by atoms with E-state index in [-0.39, 0.29) is 15.6 Å². The summed E-state index contributed by atoms with van der Waals surface area (Å²) in [6.45, 7) is 0. The molecule has 38 heavy (non-hydrogen) atoms. The van der Waals surface area contributed by atoms with E-state index in [1.807, 2.05) is 0 Å². The van der Waals surface area contributed by atoms with Crippen LogP contribution in [0.3, 0.4) is 0 Å². The van der Waals surface area contributed by atoms with Crippen LogP contribution >= 0.6 is 0 Å². The van der Waals surface area contributed by atoms with Crippen molar-refractivity contribution in [3.63, 3.8) is 0 Å². The fourth-order valence-electron chi connectivity index (χ4n) is 7.34. The van der Waals surface area contributed by atoms with Crippen molar-refractivity contribution < 1.29 is 4.70 Å². The molecular formula is C36H45FS. The van der Waals surface area contributed by atoms with Crippen LogP contribution in [0.1, 0.15) is 131 Å². The molecule has 3 aromatic rings. The molecule has 3 saturated carbocycles. The summed E-state index contributed by atoms with van der Waals surface area (Å²) in [5.74, 6) is 2.32. The second kappa shape index (κ2) is 13.3. The molecule has 3 aliphatic rings. The van der Waals surface area contributed by atoms with Crippen molar-refractivity contribution in [2.75, 3.05) is 0 Å². The highest BCUT2D eigenvalue weighted by molar-refractivity contribution is 7.97. The molecule has 3 aliphatic carbocycles. The number of halogens is 1. The molecule has 0 unspecified atom stereocenters. The van der Waals surface area contributed by atoms with Crippen LogP contribution in [0.5, 0.6) is 0 Å². The summed E-state index contributed by atoms with van der Waals surface area (Å²) in [5, 5.41) is 0. The van der Waals surface area contributed by atoms with Crippen molar-refractivity contribution in [1.29, 1.82) is 0 Å². The minimum atomic E-state index is -0.0542. The summed E-state index contributed by atoms with van der Waals surface area (Å²) in [6.07, 6.45) is 20.9. The van der Waals surface area contributed by atoms with Gasteiger partial charge in [0.2, 0.25) is 0 Å². The minimum Gasteiger partial charge on any atom is -1.00 e. The zero-order valence-corrected chi connectivity index (χ0v) is 23.9. The van der Waals surface area contributed by atoms with Crippen LogP contribution in [0, 0.1) is 0 Å². The lowest BCUT2D eigenvalue weighted by molar-refractivity contribution is -0.00000748. The monoisotopic (exact) mass is 528 g/mol. The summed E-state index contributed by atoms with van der Waals surface area (Å²) in [7, 11) is -0.0542. The van der Waals surface area contributed by atoms with Gasteiger partial charge in [0.1, 0.15) is 0 Å². The third-order valence-electron chi connectivity index (χ3n) is 9.58. The van der Waals surface area contributed by atoms with E-state index in [2.05, 4.69) is 72.8 Å². The van der Waals surface area contributed by atoms with E-state index < -0.39 is 0 Å². The van der Waals surface area contributed by atoms with Gasteiger partial charge >= 0.3 is 0 Å². The van der Waals surface area contributed by atoms with Crippen LogP contribution in [0.4, 0.5) is 0 Å². The SMILES string of the molecule is [F-].c1cc([S+](c2ccc(C3CCCCC3)cc2)c2ccc(C3CCCCC3)cc2)ccc1C1CCCCC1. The Balaban J connectivity index is 0.00000294. The second-order valence-electron chi connectivity index (χ2n) is 12.0. The van der Waals surface area contributed by atoms with Crippen LogP contribution in [-0.2, 0) is 10.9 Å². The first-order valence-electron chi connectivity index (χ1n) is 15.4. The third kappa shape index (κ3) is 6.39. The second-order valence-corrected chi connectivity index (χ2v) is 14.0. The lowest BCUT2D eigenvalue weighted by Crippen LogP contribution is -3.00. The van der Waals surface area contributed by atoms with Gasteiger partial charge in [-0.15, -0.1) is 0 Å². The van der Waals surface area contributed by atoms with Gasteiger partial charge in [0.05, 0.1) is 10.9 Å². The van der Waals surface area contributed by atoms with Crippen molar-refractivity contribution in [3.8, 4) is 0 Å². The Bertz CT molecular complexity index is 953. The van der Waals surface area contributed by atoms with Crippen molar-refractivity contribution in [2.24, 2.45) is 0 Å². The van der Waals surface area contributed by atoms with Gasteiger partial charge < -0.3 is 4.70 Å². The molecule has 0 aromatic heterocycles. The molecule has 0 radical (unpaired) electrons.